The number of carbonyl (C=O) groups excluding carboxylic acids is 1. The molecule has 0 rings (SSSR count). The van der Waals surface area contributed by atoms with E-state index in [4.69, 9.17) is 0 Å². The highest BCUT2D eigenvalue weighted by Crippen LogP contribution is 1.68. The van der Waals surface area contributed by atoms with Crippen LogP contribution in [0, 0.1) is 0 Å². The van der Waals surface area contributed by atoms with E-state index in [1.54, 1.807) is 0 Å². The van der Waals surface area contributed by atoms with Crippen LogP contribution in [0.1, 0.15) is 0 Å². The number of carbonyl (C=O) groups is 1. The van der Waals surface area contributed by atoms with Gasteiger partial charge in [-0.3, -0.25) is 9.50 Å². The van der Waals surface area contributed by atoms with Gasteiger partial charge in [0.25, 0.3) is 0 Å². The van der Waals surface area contributed by atoms with Gasteiger partial charge in [-0.05, 0) is 12.2 Å². The maximum Gasteiger partial charge on any atom is 0.177 e. The summed E-state index contributed by atoms with van der Waals surface area (Å²) in [6.07, 6.45) is 2.43. The highest BCUT2D eigenvalue weighted by molar-refractivity contribution is 5.98. The van der Waals surface area contributed by atoms with Crippen molar-refractivity contribution in [1.29, 1.82) is 0 Å². The van der Waals surface area contributed by atoms with Gasteiger partial charge in [0.2, 0.25) is 0 Å². The lowest BCUT2D eigenvalue weighted by Crippen LogP contribution is -1.78. The molecule has 0 aliphatic heterocycles. The van der Waals surface area contributed by atoms with E-state index < -0.39 is 0 Å². The van der Waals surface area contributed by atoms with Crippen molar-refractivity contribution in [3.05, 3.63) is 25.3 Å². The molecule has 0 unspecified atom stereocenters. The summed E-state index contributed by atoms with van der Waals surface area (Å²) >= 11 is 0. The van der Waals surface area contributed by atoms with Crippen LogP contribution < -0.4 is 0 Å². The normalized spacial score (nSPS) is 5.71. The molecule has 0 saturated heterocycles. The van der Waals surface area contributed by atoms with E-state index in [2.05, 4.69) is 13.2 Å². The fraction of sp³-hybridized carbons (Fsp3) is 0. The monoisotopic (exact) mass is 102 g/mol. The highest BCUT2D eigenvalue weighted by Gasteiger charge is 1.75. The number of halogens is 1. The van der Waals surface area contributed by atoms with Crippen molar-refractivity contribution in [2.24, 2.45) is 0 Å². The molecule has 0 saturated carbocycles. The van der Waals surface area contributed by atoms with E-state index in [-0.39, 0.29) is 10.5 Å². The van der Waals surface area contributed by atoms with Crippen LogP contribution >= 0.6 is 0 Å². The first kappa shape index (κ1) is 9.43. The van der Waals surface area contributed by atoms with Crippen LogP contribution in [0.4, 0.5) is 4.70 Å². The largest absolute Gasteiger partial charge is 0.290 e. The third-order valence-corrected chi connectivity index (χ3v) is 0.402. The number of ketones is 1. The van der Waals surface area contributed by atoms with E-state index in [1.165, 1.54) is 12.2 Å². The zero-order chi connectivity index (χ0) is 4.99. The second-order valence-corrected chi connectivity index (χ2v) is 0.811. The molecule has 0 fully saturated rings. The molecule has 1 nitrogen and oxygen atoms in total. The van der Waals surface area contributed by atoms with E-state index in [0.29, 0.717) is 0 Å². The SMILES string of the molecule is C=CC(=O)C=C.F. The van der Waals surface area contributed by atoms with Gasteiger partial charge in [-0.15, -0.1) is 0 Å². The fourth-order valence-electron chi connectivity index (χ4n) is 0.0833. The summed E-state index contributed by atoms with van der Waals surface area (Å²) in [5, 5.41) is 0. The first-order valence-electron chi connectivity index (χ1n) is 1.60. The second kappa shape index (κ2) is 5.08. The molecular formula is C5H7FO. The van der Waals surface area contributed by atoms with Crippen molar-refractivity contribution in [1.82, 2.24) is 0 Å². The zero-order valence-electron chi connectivity index (χ0n) is 3.89. The summed E-state index contributed by atoms with van der Waals surface area (Å²) in [5.41, 5.74) is 0. The molecule has 0 bridgehead atoms. The molecule has 0 aromatic rings. The van der Waals surface area contributed by atoms with Crippen LogP contribution in [-0.2, 0) is 4.79 Å². The third-order valence-electron chi connectivity index (χ3n) is 0.402. The van der Waals surface area contributed by atoms with Crippen LogP contribution in [0.15, 0.2) is 25.3 Å². The number of hydrogen-bond acceptors (Lipinski definition) is 1. The predicted octanol–water partition coefficient (Wildman–Crippen LogP) is 1.08. The van der Waals surface area contributed by atoms with Gasteiger partial charge in [-0.1, -0.05) is 13.2 Å². The molecule has 0 spiro atoms. The molecule has 0 N–H and O–H groups in total. The summed E-state index contributed by atoms with van der Waals surface area (Å²) in [6, 6.07) is 0. The third kappa shape index (κ3) is 5.08. The minimum atomic E-state index is -0.130. The Morgan fingerprint density at radius 1 is 1.29 bits per heavy atom. The highest BCUT2D eigenvalue weighted by atomic mass is 19.0. The van der Waals surface area contributed by atoms with E-state index >= 15 is 0 Å². The molecule has 0 aliphatic carbocycles. The minimum Gasteiger partial charge on any atom is -0.290 e. The smallest absolute Gasteiger partial charge is 0.177 e. The molecule has 0 heterocycles. The molecular weight excluding hydrogens is 95.1 g/mol. The van der Waals surface area contributed by atoms with Crippen LogP contribution in [0.3, 0.4) is 0 Å². The standard InChI is InChI=1S/C5H6O.FH/c1-3-5(6)4-2;/h3-4H,1-2H2;1H. The molecule has 0 amide bonds. The van der Waals surface area contributed by atoms with Crippen LogP contribution in [0.25, 0.3) is 0 Å². The van der Waals surface area contributed by atoms with Gasteiger partial charge in [-0.25, -0.2) is 0 Å². The van der Waals surface area contributed by atoms with Crippen LogP contribution in [0.2, 0.25) is 0 Å². The maximum absolute atomic E-state index is 9.94. The Hall–Kier alpha value is -0.920. The lowest BCUT2D eigenvalue weighted by molar-refractivity contribution is -0.110. The second-order valence-electron chi connectivity index (χ2n) is 0.811. The maximum atomic E-state index is 9.94. The molecule has 0 aromatic carbocycles. The van der Waals surface area contributed by atoms with Gasteiger partial charge in [0.15, 0.2) is 5.78 Å². The Bertz CT molecular complexity index is 76.1. The average Bonchev–Trinajstić information content (AvgIpc) is 1.65. The van der Waals surface area contributed by atoms with Gasteiger partial charge in [0.1, 0.15) is 0 Å². The molecule has 7 heavy (non-hydrogen) atoms. The molecule has 0 aliphatic rings. The zero-order valence-corrected chi connectivity index (χ0v) is 3.89. The number of hydrogen-bond donors (Lipinski definition) is 0. The fourth-order valence-corrected chi connectivity index (χ4v) is 0.0833. The first-order chi connectivity index (χ1) is 2.81. The molecule has 0 atom stereocenters. The van der Waals surface area contributed by atoms with Gasteiger partial charge in [-0.2, -0.15) is 0 Å². The lowest BCUT2D eigenvalue weighted by Gasteiger charge is -1.68. The minimum absolute atomic E-state index is 0. The lowest BCUT2D eigenvalue weighted by atomic mass is 10.4. The summed E-state index contributed by atoms with van der Waals surface area (Å²) in [5.74, 6) is -0.130. The number of rotatable bonds is 2. The van der Waals surface area contributed by atoms with Gasteiger partial charge >= 0.3 is 0 Å². The van der Waals surface area contributed by atoms with Crippen molar-refractivity contribution >= 4 is 5.78 Å². The summed E-state index contributed by atoms with van der Waals surface area (Å²) < 4.78 is 0. The van der Waals surface area contributed by atoms with Gasteiger partial charge in [0.05, 0.1) is 0 Å². The van der Waals surface area contributed by atoms with Crippen molar-refractivity contribution in [3.8, 4) is 0 Å². The Kier molecular flexibility index (Phi) is 6.84. The predicted molar refractivity (Wildman–Crippen MR) is 27.9 cm³/mol. The Balaban J connectivity index is 0. The summed E-state index contributed by atoms with van der Waals surface area (Å²) in [7, 11) is 0. The molecule has 2 heteroatoms. The van der Waals surface area contributed by atoms with Gasteiger partial charge in [0, 0.05) is 0 Å². The summed E-state index contributed by atoms with van der Waals surface area (Å²) in [6.45, 7) is 6.42. The van der Waals surface area contributed by atoms with Crippen molar-refractivity contribution < 1.29 is 9.50 Å². The van der Waals surface area contributed by atoms with Crippen molar-refractivity contribution in [2.45, 2.75) is 0 Å². The Morgan fingerprint density at radius 2 is 1.57 bits per heavy atom. The van der Waals surface area contributed by atoms with E-state index in [1.807, 2.05) is 0 Å². The summed E-state index contributed by atoms with van der Waals surface area (Å²) in [4.78, 5) is 9.94. The van der Waals surface area contributed by atoms with Crippen molar-refractivity contribution in [2.75, 3.05) is 0 Å². The molecule has 0 radical (unpaired) electrons. The molecule has 40 valence electrons. The Labute approximate surface area is 41.7 Å². The first-order valence-corrected chi connectivity index (χ1v) is 1.60. The van der Waals surface area contributed by atoms with Gasteiger partial charge < -0.3 is 0 Å². The van der Waals surface area contributed by atoms with E-state index in [0.717, 1.165) is 0 Å². The van der Waals surface area contributed by atoms with E-state index in [9.17, 15) is 4.79 Å². The van der Waals surface area contributed by atoms with Crippen molar-refractivity contribution in [3.63, 3.8) is 0 Å². The topological polar surface area (TPSA) is 17.1 Å². The quantitative estimate of drug-likeness (QED) is 0.477. The number of allylic oxidation sites excluding steroid dienone is 2. The average molecular weight is 102 g/mol. The van der Waals surface area contributed by atoms with Crippen LogP contribution in [0.5, 0.6) is 0 Å². The Morgan fingerprint density at radius 3 is 1.57 bits per heavy atom. The van der Waals surface area contributed by atoms with Crippen LogP contribution in [-0.4, -0.2) is 5.78 Å². The molecule has 0 aromatic heterocycles.